The zero-order valence-electron chi connectivity index (χ0n) is 19.0. The van der Waals surface area contributed by atoms with Crippen LogP contribution in [-0.2, 0) is 17.6 Å². The van der Waals surface area contributed by atoms with Crippen molar-refractivity contribution in [2.75, 3.05) is 39.5 Å². The van der Waals surface area contributed by atoms with Gasteiger partial charge in [0.15, 0.2) is 0 Å². The number of aromatic nitrogens is 4. The van der Waals surface area contributed by atoms with Crippen LogP contribution in [0.15, 0.2) is 24.5 Å². The number of nitrogens with one attached hydrogen (secondary N) is 1. The first-order chi connectivity index (χ1) is 16.0. The third-order valence-electron chi connectivity index (χ3n) is 6.18. The van der Waals surface area contributed by atoms with Gasteiger partial charge in [-0.3, -0.25) is 4.79 Å². The molecule has 1 amide bonds. The standard InChI is InChI=1S/C23H27N7OS2/c1-29(2)9-4-10-30(3)23(31)14-5-7-16-18(11-14)32-22-20(16)21(24-13-25-22)26-15-6-8-17-19(12-15)33-28-27-17/h6,8,12-14H,4-5,7,9-11H2,1-3H3,(H,24,25,26)/t14-/m0/s1. The summed E-state index contributed by atoms with van der Waals surface area (Å²) in [6.07, 6.45) is 5.12. The van der Waals surface area contributed by atoms with Gasteiger partial charge in [-0.15, -0.1) is 16.4 Å². The van der Waals surface area contributed by atoms with E-state index >= 15 is 0 Å². The maximum Gasteiger partial charge on any atom is 0.225 e. The number of amides is 1. The van der Waals surface area contributed by atoms with Crippen LogP contribution in [0.2, 0.25) is 0 Å². The topological polar surface area (TPSA) is 87.1 Å². The number of hydrogen-bond acceptors (Lipinski definition) is 9. The molecular formula is C23H27N7OS2. The van der Waals surface area contributed by atoms with Crippen molar-refractivity contribution in [2.45, 2.75) is 25.7 Å². The highest BCUT2D eigenvalue weighted by atomic mass is 32.1. The highest BCUT2D eigenvalue weighted by Gasteiger charge is 2.30. The first-order valence-electron chi connectivity index (χ1n) is 11.1. The van der Waals surface area contributed by atoms with Crippen LogP contribution in [0.5, 0.6) is 0 Å². The van der Waals surface area contributed by atoms with Crippen molar-refractivity contribution in [1.29, 1.82) is 0 Å². The summed E-state index contributed by atoms with van der Waals surface area (Å²) >= 11 is 3.08. The molecule has 0 aliphatic heterocycles. The summed E-state index contributed by atoms with van der Waals surface area (Å²) in [7, 11) is 6.06. The summed E-state index contributed by atoms with van der Waals surface area (Å²) in [5.74, 6) is 1.12. The van der Waals surface area contributed by atoms with Crippen LogP contribution in [0.25, 0.3) is 20.4 Å². The lowest BCUT2D eigenvalue weighted by atomic mass is 9.87. The Labute approximate surface area is 200 Å². The van der Waals surface area contributed by atoms with Gasteiger partial charge in [0.25, 0.3) is 0 Å². The van der Waals surface area contributed by atoms with E-state index in [1.165, 1.54) is 22.0 Å². The fraction of sp³-hybridized carbons (Fsp3) is 0.435. The quantitative estimate of drug-likeness (QED) is 0.428. The summed E-state index contributed by atoms with van der Waals surface area (Å²) in [6, 6.07) is 6.01. The fourth-order valence-electron chi connectivity index (χ4n) is 4.45. The molecule has 33 heavy (non-hydrogen) atoms. The molecule has 5 rings (SSSR count). The number of fused-ring (bicyclic) bond motifs is 4. The Morgan fingerprint density at radius 1 is 1.21 bits per heavy atom. The summed E-state index contributed by atoms with van der Waals surface area (Å²) in [5, 5.41) is 8.67. The van der Waals surface area contributed by atoms with Crippen molar-refractivity contribution in [3.05, 3.63) is 35.0 Å². The molecular weight excluding hydrogens is 454 g/mol. The normalized spacial score (nSPS) is 15.8. The van der Waals surface area contributed by atoms with Crippen LogP contribution in [0.1, 0.15) is 23.3 Å². The highest BCUT2D eigenvalue weighted by Crippen LogP contribution is 2.41. The van der Waals surface area contributed by atoms with Crippen molar-refractivity contribution >= 4 is 60.7 Å². The SMILES string of the molecule is CN(C)CCCN(C)C(=O)[C@H]1CCc2c(sc3ncnc(Nc4ccc5nnsc5c4)c23)C1. The second-order valence-corrected chi connectivity index (χ2v) is 10.7. The lowest BCUT2D eigenvalue weighted by Crippen LogP contribution is -2.36. The number of anilines is 2. The fourth-order valence-corrected chi connectivity index (χ4v) is 6.32. The highest BCUT2D eigenvalue weighted by molar-refractivity contribution is 7.19. The molecule has 0 radical (unpaired) electrons. The second kappa shape index (κ2) is 9.28. The number of hydrogen-bond donors (Lipinski definition) is 1. The molecule has 1 atom stereocenters. The maximum absolute atomic E-state index is 13.1. The van der Waals surface area contributed by atoms with Crippen LogP contribution >= 0.6 is 22.9 Å². The van der Waals surface area contributed by atoms with Gasteiger partial charge >= 0.3 is 0 Å². The summed E-state index contributed by atoms with van der Waals surface area (Å²) in [6.45, 7) is 1.79. The molecule has 3 aromatic heterocycles. The molecule has 1 N–H and O–H groups in total. The van der Waals surface area contributed by atoms with Gasteiger partial charge in [-0.1, -0.05) is 4.49 Å². The number of benzene rings is 1. The molecule has 1 aromatic carbocycles. The van der Waals surface area contributed by atoms with Gasteiger partial charge in [0.05, 0.1) is 10.1 Å². The maximum atomic E-state index is 13.1. The van der Waals surface area contributed by atoms with E-state index in [1.54, 1.807) is 17.7 Å². The van der Waals surface area contributed by atoms with Crippen LogP contribution in [0.3, 0.4) is 0 Å². The van der Waals surface area contributed by atoms with E-state index in [1.807, 2.05) is 30.1 Å². The molecule has 0 saturated carbocycles. The summed E-state index contributed by atoms with van der Waals surface area (Å²) in [5.41, 5.74) is 3.14. The van der Waals surface area contributed by atoms with Gasteiger partial charge in [0.2, 0.25) is 5.91 Å². The Balaban J connectivity index is 1.35. The Morgan fingerprint density at radius 2 is 2.09 bits per heavy atom. The molecule has 0 bridgehead atoms. The molecule has 0 saturated heterocycles. The minimum atomic E-state index is 0.0422. The van der Waals surface area contributed by atoms with Gasteiger partial charge in [-0.25, -0.2) is 9.97 Å². The Bertz CT molecular complexity index is 1300. The summed E-state index contributed by atoms with van der Waals surface area (Å²) < 4.78 is 5.05. The molecule has 4 aromatic rings. The molecule has 1 aliphatic carbocycles. The first-order valence-corrected chi connectivity index (χ1v) is 12.7. The van der Waals surface area contributed by atoms with E-state index in [0.29, 0.717) is 0 Å². The van der Waals surface area contributed by atoms with Crippen LogP contribution in [-0.4, -0.2) is 69.5 Å². The van der Waals surface area contributed by atoms with E-state index in [4.69, 9.17) is 0 Å². The molecule has 8 nitrogen and oxygen atoms in total. The molecule has 3 heterocycles. The number of aryl methyl sites for hydroxylation is 1. The Kier molecular flexibility index (Phi) is 6.22. The molecule has 0 spiro atoms. The largest absolute Gasteiger partial charge is 0.345 e. The Hall–Kier alpha value is -2.69. The molecule has 10 heteroatoms. The number of carbonyl (C=O) groups excluding carboxylic acids is 1. The van der Waals surface area contributed by atoms with Crippen LogP contribution < -0.4 is 5.32 Å². The lowest BCUT2D eigenvalue weighted by molar-refractivity contribution is -0.134. The first kappa shape index (κ1) is 22.1. The zero-order valence-corrected chi connectivity index (χ0v) is 20.7. The van der Waals surface area contributed by atoms with E-state index in [9.17, 15) is 4.79 Å². The van der Waals surface area contributed by atoms with E-state index < -0.39 is 0 Å². The molecule has 0 fully saturated rings. The van der Waals surface area contributed by atoms with E-state index in [2.05, 4.69) is 43.9 Å². The summed E-state index contributed by atoms with van der Waals surface area (Å²) in [4.78, 5) is 28.5. The van der Waals surface area contributed by atoms with Crippen LogP contribution in [0.4, 0.5) is 11.5 Å². The van der Waals surface area contributed by atoms with Crippen molar-refractivity contribution in [1.82, 2.24) is 29.4 Å². The smallest absolute Gasteiger partial charge is 0.225 e. The van der Waals surface area contributed by atoms with Gasteiger partial charge < -0.3 is 15.1 Å². The van der Waals surface area contributed by atoms with Gasteiger partial charge in [-0.05, 0) is 81.6 Å². The number of carbonyl (C=O) groups is 1. The monoisotopic (exact) mass is 481 g/mol. The predicted molar refractivity (Wildman–Crippen MR) is 134 cm³/mol. The minimum Gasteiger partial charge on any atom is -0.345 e. The third-order valence-corrected chi connectivity index (χ3v) is 8.03. The number of thiophene rings is 1. The van der Waals surface area contributed by atoms with Crippen LogP contribution in [0, 0.1) is 5.92 Å². The van der Waals surface area contributed by atoms with E-state index in [-0.39, 0.29) is 11.8 Å². The van der Waals surface area contributed by atoms with Gasteiger partial charge in [-0.2, -0.15) is 0 Å². The molecule has 1 aliphatic rings. The van der Waals surface area contributed by atoms with Crippen molar-refractivity contribution in [3.8, 4) is 0 Å². The average molecular weight is 482 g/mol. The Morgan fingerprint density at radius 3 is 2.94 bits per heavy atom. The lowest BCUT2D eigenvalue weighted by Gasteiger charge is -2.27. The average Bonchev–Trinajstić information content (AvgIpc) is 3.42. The predicted octanol–water partition coefficient (Wildman–Crippen LogP) is 3.95. The minimum absolute atomic E-state index is 0.0422. The van der Waals surface area contributed by atoms with E-state index in [0.717, 1.165) is 70.7 Å². The third kappa shape index (κ3) is 4.55. The van der Waals surface area contributed by atoms with Crippen molar-refractivity contribution in [2.24, 2.45) is 5.92 Å². The number of rotatable bonds is 7. The van der Waals surface area contributed by atoms with Crippen molar-refractivity contribution < 1.29 is 4.79 Å². The zero-order chi connectivity index (χ0) is 22.9. The van der Waals surface area contributed by atoms with Crippen molar-refractivity contribution in [3.63, 3.8) is 0 Å². The second-order valence-electron chi connectivity index (χ2n) is 8.84. The van der Waals surface area contributed by atoms with Gasteiger partial charge in [0.1, 0.15) is 22.5 Å². The molecule has 0 unspecified atom stereocenters. The number of nitrogens with zero attached hydrogens (tertiary/aromatic N) is 6. The molecule has 172 valence electrons. The van der Waals surface area contributed by atoms with Gasteiger partial charge in [0, 0.05) is 30.1 Å².